The number of carbonyl (C=O) groups is 1. The number of aromatic nitrogens is 5. The van der Waals surface area contributed by atoms with Crippen LogP contribution >= 0.6 is 11.6 Å². The lowest BCUT2D eigenvalue weighted by molar-refractivity contribution is -0.0364. The van der Waals surface area contributed by atoms with Gasteiger partial charge >= 0.3 is 6.09 Å². The van der Waals surface area contributed by atoms with Crippen LogP contribution in [0.4, 0.5) is 4.79 Å². The van der Waals surface area contributed by atoms with Gasteiger partial charge in [-0.2, -0.15) is 5.10 Å². The number of likely N-dealkylation sites (tertiary alicyclic amines) is 1. The van der Waals surface area contributed by atoms with Crippen LogP contribution in [-0.4, -0.2) is 78.4 Å². The SMILES string of the molecule is Cn1nc2c(=O)n(CC3(O)CCN(Cc4ccc(-c5cnco5)cc4Cl)CC3)cnc2c1-c1ccc(CNC(=O)OC2CCOC2)cc1. The van der Waals surface area contributed by atoms with E-state index in [0.717, 1.165) is 22.3 Å². The molecule has 2 aliphatic heterocycles. The van der Waals surface area contributed by atoms with Crippen LogP contribution in [0.2, 0.25) is 5.02 Å². The van der Waals surface area contributed by atoms with Gasteiger partial charge in [0.15, 0.2) is 17.7 Å². The van der Waals surface area contributed by atoms with Gasteiger partial charge in [-0.05, 0) is 30.0 Å². The average molecular weight is 674 g/mol. The Hall–Kier alpha value is -4.56. The number of nitrogens with one attached hydrogen (secondary N) is 1. The number of alkyl carbamates (subject to hydrolysis) is 1. The number of nitrogens with zero attached hydrogens (tertiary/aromatic N) is 6. The van der Waals surface area contributed by atoms with Crippen LogP contribution in [0.15, 0.2) is 70.6 Å². The number of benzene rings is 2. The molecule has 0 spiro atoms. The zero-order valence-corrected chi connectivity index (χ0v) is 27.2. The van der Waals surface area contributed by atoms with Crippen molar-refractivity contribution in [3.8, 4) is 22.6 Å². The summed E-state index contributed by atoms with van der Waals surface area (Å²) in [5.41, 5.74) is 3.64. The molecule has 3 aromatic heterocycles. The standard InChI is InChI=1S/C34H36ClN7O6/c1-40-31(23-4-2-22(3-5-23)15-37-33(44)48-26-8-13-46-18-26)29-30(39-40)32(43)42(20-38-29)19-34(45)9-11-41(12-10-34)17-25-7-6-24(14-27(25)35)28-16-36-21-47-28/h2-7,14,16,20-21,26,45H,8-13,15,17-19H2,1H3,(H,37,44). The highest BCUT2D eigenvalue weighted by atomic mass is 35.5. The summed E-state index contributed by atoms with van der Waals surface area (Å²) in [5, 5.41) is 19.4. The van der Waals surface area contributed by atoms with Crippen molar-refractivity contribution in [3.63, 3.8) is 0 Å². The largest absolute Gasteiger partial charge is 0.444 e. The molecule has 48 heavy (non-hydrogen) atoms. The molecule has 1 amide bonds. The zero-order valence-electron chi connectivity index (χ0n) is 26.5. The summed E-state index contributed by atoms with van der Waals surface area (Å²) in [7, 11) is 1.77. The Kier molecular flexibility index (Phi) is 9.01. The van der Waals surface area contributed by atoms with E-state index in [4.69, 9.17) is 25.5 Å². The van der Waals surface area contributed by atoms with Crippen molar-refractivity contribution in [3.05, 3.63) is 87.9 Å². The third-order valence-electron chi connectivity index (χ3n) is 9.05. The van der Waals surface area contributed by atoms with Crippen molar-refractivity contribution in [2.45, 2.75) is 50.6 Å². The smallest absolute Gasteiger partial charge is 0.407 e. The molecule has 2 fully saturated rings. The Morgan fingerprint density at radius 3 is 2.65 bits per heavy atom. The molecule has 2 N–H and O–H groups in total. The number of halogens is 1. The molecule has 0 saturated carbocycles. The number of amides is 1. The minimum Gasteiger partial charge on any atom is -0.444 e. The Bertz CT molecular complexity index is 1960. The van der Waals surface area contributed by atoms with Crippen molar-refractivity contribution >= 4 is 28.7 Å². The van der Waals surface area contributed by atoms with E-state index in [9.17, 15) is 14.7 Å². The van der Waals surface area contributed by atoms with E-state index in [0.29, 0.717) is 80.6 Å². The molecule has 2 aliphatic rings. The minimum absolute atomic E-state index is 0.124. The van der Waals surface area contributed by atoms with E-state index in [1.54, 1.807) is 17.9 Å². The third kappa shape index (κ3) is 6.85. The molecule has 5 aromatic rings. The number of piperidine rings is 1. The second-order valence-corrected chi connectivity index (χ2v) is 12.9. The molecule has 14 heteroatoms. The molecular weight excluding hydrogens is 638 g/mol. The molecule has 1 atom stereocenters. The molecule has 250 valence electrons. The second-order valence-electron chi connectivity index (χ2n) is 12.5. The van der Waals surface area contributed by atoms with Crippen molar-refractivity contribution in [1.29, 1.82) is 0 Å². The fourth-order valence-corrected chi connectivity index (χ4v) is 6.56. The van der Waals surface area contributed by atoms with Crippen molar-refractivity contribution in [2.24, 2.45) is 7.05 Å². The number of aliphatic hydroxyl groups is 1. The van der Waals surface area contributed by atoms with Crippen LogP contribution in [-0.2, 0) is 36.2 Å². The summed E-state index contributed by atoms with van der Waals surface area (Å²) in [4.78, 5) is 36.5. The number of carbonyl (C=O) groups excluding carboxylic acids is 1. The highest BCUT2D eigenvalue weighted by molar-refractivity contribution is 6.31. The first-order valence-corrected chi connectivity index (χ1v) is 16.3. The first kappa shape index (κ1) is 32.0. The van der Waals surface area contributed by atoms with E-state index in [1.165, 1.54) is 17.3 Å². The number of fused-ring (bicyclic) bond motifs is 1. The van der Waals surface area contributed by atoms with E-state index in [2.05, 4.69) is 25.3 Å². The normalized spacial score (nSPS) is 17.9. The molecule has 7 rings (SSSR count). The van der Waals surface area contributed by atoms with Gasteiger partial charge in [0.25, 0.3) is 5.56 Å². The minimum atomic E-state index is -1.06. The lowest BCUT2D eigenvalue weighted by Gasteiger charge is -2.38. The first-order valence-electron chi connectivity index (χ1n) is 15.9. The van der Waals surface area contributed by atoms with Gasteiger partial charge in [0, 0.05) is 55.8 Å². The lowest BCUT2D eigenvalue weighted by Crippen LogP contribution is -2.47. The number of hydrogen-bond acceptors (Lipinski definition) is 10. The van der Waals surface area contributed by atoms with Gasteiger partial charge < -0.3 is 24.3 Å². The van der Waals surface area contributed by atoms with Crippen LogP contribution in [0.5, 0.6) is 0 Å². The third-order valence-corrected chi connectivity index (χ3v) is 9.40. The monoisotopic (exact) mass is 673 g/mol. The summed E-state index contributed by atoms with van der Waals surface area (Å²) >= 11 is 6.59. The molecule has 0 bridgehead atoms. The number of aryl methyl sites for hydroxylation is 1. The number of ether oxygens (including phenoxy) is 2. The van der Waals surface area contributed by atoms with Gasteiger partial charge in [0.2, 0.25) is 0 Å². The highest BCUT2D eigenvalue weighted by Crippen LogP contribution is 2.30. The number of rotatable bonds is 9. The molecule has 1 unspecified atom stereocenters. The topological polar surface area (TPSA) is 150 Å². The maximum absolute atomic E-state index is 13.6. The van der Waals surface area contributed by atoms with Gasteiger partial charge in [0.05, 0.1) is 43.6 Å². The van der Waals surface area contributed by atoms with E-state index in [1.807, 2.05) is 42.5 Å². The maximum atomic E-state index is 13.6. The fraction of sp³-hybridized carbons (Fsp3) is 0.382. The Labute approximate surface area is 281 Å². The molecular formula is C34H36ClN7O6. The summed E-state index contributed by atoms with van der Waals surface area (Å²) in [6.07, 6.45) is 5.55. The van der Waals surface area contributed by atoms with Crippen molar-refractivity contribution in [2.75, 3.05) is 26.3 Å². The van der Waals surface area contributed by atoms with Gasteiger partial charge in [-0.1, -0.05) is 48.0 Å². The highest BCUT2D eigenvalue weighted by Gasteiger charge is 2.34. The summed E-state index contributed by atoms with van der Waals surface area (Å²) in [6.45, 7) is 3.42. The molecule has 0 aliphatic carbocycles. The van der Waals surface area contributed by atoms with Gasteiger partial charge in [-0.25, -0.2) is 14.8 Å². The predicted molar refractivity (Wildman–Crippen MR) is 177 cm³/mol. The summed E-state index contributed by atoms with van der Waals surface area (Å²) in [6, 6.07) is 13.4. The van der Waals surface area contributed by atoms with Crippen LogP contribution < -0.4 is 10.9 Å². The first-order chi connectivity index (χ1) is 23.2. The molecule has 13 nitrogen and oxygen atoms in total. The molecule has 2 saturated heterocycles. The lowest BCUT2D eigenvalue weighted by atomic mass is 9.91. The van der Waals surface area contributed by atoms with E-state index < -0.39 is 11.7 Å². The van der Waals surface area contributed by atoms with Crippen LogP contribution in [0.1, 0.15) is 30.4 Å². The Balaban J connectivity index is 0.979. The predicted octanol–water partition coefficient (Wildman–Crippen LogP) is 4.15. The van der Waals surface area contributed by atoms with Gasteiger partial charge in [-0.3, -0.25) is 18.9 Å². The quantitative estimate of drug-likeness (QED) is 0.234. The summed E-state index contributed by atoms with van der Waals surface area (Å²) < 4.78 is 19.1. The number of oxazole rings is 1. The number of hydrogen-bond donors (Lipinski definition) is 2. The van der Waals surface area contributed by atoms with Gasteiger partial charge in [0.1, 0.15) is 11.6 Å². The summed E-state index contributed by atoms with van der Waals surface area (Å²) in [5.74, 6) is 0.658. The van der Waals surface area contributed by atoms with Gasteiger partial charge in [-0.15, -0.1) is 0 Å². The van der Waals surface area contributed by atoms with Crippen LogP contribution in [0.25, 0.3) is 33.6 Å². The van der Waals surface area contributed by atoms with Crippen molar-refractivity contribution in [1.82, 2.24) is 34.5 Å². The fourth-order valence-electron chi connectivity index (χ4n) is 6.32. The van der Waals surface area contributed by atoms with Crippen LogP contribution in [0.3, 0.4) is 0 Å². The maximum Gasteiger partial charge on any atom is 0.407 e. The van der Waals surface area contributed by atoms with Crippen LogP contribution in [0, 0.1) is 0 Å². The molecule has 2 aromatic carbocycles. The van der Waals surface area contributed by atoms with E-state index in [-0.39, 0.29) is 23.7 Å². The molecule has 5 heterocycles. The zero-order chi connectivity index (χ0) is 33.3. The molecule has 0 radical (unpaired) electrons. The van der Waals surface area contributed by atoms with E-state index >= 15 is 0 Å². The second kappa shape index (κ2) is 13.5. The van der Waals surface area contributed by atoms with Crippen molar-refractivity contribution < 1.29 is 23.8 Å². The Morgan fingerprint density at radius 2 is 1.94 bits per heavy atom. The Morgan fingerprint density at radius 1 is 1.15 bits per heavy atom. The average Bonchev–Trinajstić information content (AvgIpc) is 3.86.